The van der Waals surface area contributed by atoms with Crippen molar-refractivity contribution in [2.45, 2.75) is 13.8 Å². The third kappa shape index (κ3) is 4.44. The normalized spacial score (nSPS) is 11.0. The minimum absolute atomic E-state index is 0.114. The van der Waals surface area contributed by atoms with Crippen molar-refractivity contribution in [1.82, 2.24) is 19.5 Å². The standard InChI is InChI=1S/C19H22N6O3/c1-3-24(4-2)12-17(26)20-14-6-5-7-15(10-14)21-18(27)13-8-9-16-22-23-19(28)25(16)11-13/h5-11H,3-4,12H2,1-2H3,(H,20,26)(H,21,27)(H,23,28). The van der Waals surface area contributed by atoms with Crippen LogP contribution in [0, 0.1) is 0 Å². The van der Waals surface area contributed by atoms with Crippen LogP contribution in [0.2, 0.25) is 0 Å². The third-order valence-electron chi connectivity index (χ3n) is 4.34. The molecule has 3 rings (SSSR count). The molecular formula is C19H22N6O3. The van der Waals surface area contributed by atoms with Crippen LogP contribution in [0.15, 0.2) is 47.4 Å². The van der Waals surface area contributed by atoms with E-state index in [2.05, 4.69) is 20.8 Å². The molecule has 3 aromatic rings. The van der Waals surface area contributed by atoms with Crippen LogP contribution in [-0.2, 0) is 4.79 Å². The predicted molar refractivity (Wildman–Crippen MR) is 107 cm³/mol. The van der Waals surface area contributed by atoms with E-state index in [-0.39, 0.29) is 11.8 Å². The number of carbonyl (C=O) groups excluding carboxylic acids is 2. The first kappa shape index (κ1) is 19.3. The zero-order chi connectivity index (χ0) is 20.1. The Morgan fingerprint density at radius 3 is 2.54 bits per heavy atom. The molecule has 3 N–H and O–H groups in total. The Bertz CT molecular complexity index is 1050. The number of H-pyrrole nitrogens is 1. The van der Waals surface area contributed by atoms with Crippen molar-refractivity contribution in [1.29, 1.82) is 0 Å². The van der Waals surface area contributed by atoms with Crippen molar-refractivity contribution < 1.29 is 9.59 Å². The summed E-state index contributed by atoms with van der Waals surface area (Å²) in [5, 5.41) is 11.7. The summed E-state index contributed by atoms with van der Waals surface area (Å²) in [6.07, 6.45) is 1.42. The van der Waals surface area contributed by atoms with Gasteiger partial charge in [-0.1, -0.05) is 19.9 Å². The van der Waals surface area contributed by atoms with Crippen molar-refractivity contribution in [3.8, 4) is 0 Å². The lowest BCUT2D eigenvalue weighted by Crippen LogP contribution is -2.32. The highest BCUT2D eigenvalue weighted by molar-refractivity contribution is 6.04. The molecule has 1 aromatic carbocycles. The molecule has 9 heteroatoms. The monoisotopic (exact) mass is 382 g/mol. The molecule has 0 saturated heterocycles. The highest BCUT2D eigenvalue weighted by Gasteiger charge is 2.11. The first-order valence-electron chi connectivity index (χ1n) is 9.00. The first-order chi connectivity index (χ1) is 13.5. The number of benzene rings is 1. The molecule has 0 aliphatic heterocycles. The molecule has 0 atom stereocenters. The lowest BCUT2D eigenvalue weighted by atomic mass is 10.2. The number of hydrogen-bond acceptors (Lipinski definition) is 5. The van der Waals surface area contributed by atoms with Gasteiger partial charge < -0.3 is 10.6 Å². The Balaban J connectivity index is 1.69. The number of carbonyl (C=O) groups is 2. The molecule has 28 heavy (non-hydrogen) atoms. The number of nitrogens with one attached hydrogen (secondary N) is 3. The molecule has 0 fully saturated rings. The van der Waals surface area contributed by atoms with Crippen LogP contribution in [0.3, 0.4) is 0 Å². The van der Waals surface area contributed by atoms with Crippen LogP contribution >= 0.6 is 0 Å². The summed E-state index contributed by atoms with van der Waals surface area (Å²) < 4.78 is 1.26. The van der Waals surface area contributed by atoms with Crippen molar-refractivity contribution >= 4 is 28.8 Å². The van der Waals surface area contributed by atoms with Crippen LogP contribution in [0.5, 0.6) is 0 Å². The maximum atomic E-state index is 12.5. The first-order valence-corrected chi connectivity index (χ1v) is 9.00. The summed E-state index contributed by atoms with van der Waals surface area (Å²) in [4.78, 5) is 38.3. The van der Waals surface area contributed by atoms with E-state index < -0.39 is 5.69 Å². The zero-order valence-electron chi connectivity index (χ0n) is 15.7. The van der Waals surface area contributed by atoms with Gasteiger partial charge in [0.1, 0.15) is 0 Å². The van der Waals surface area contributed by atoms with Crippen LogP contribution in [0.1, 0.15) is 24.2 Å². The van der Waals surface area contributed by atoms with Crippen LogP contribution in [0.4, 0.5) is 11.4 Å². The fraction of sp³-hybridized carbons (Fsp3) is 0.263. The molecule has 0 saturated carbocycles. The second kappa shape index (κ2) is 8.49. The lowest BCUT2D eigenvalue weighted by molar-refractivity contribution is -0.117. The molecule has 2 heterocycles. The van der Waals surface area contributed by atoms with Gasteiger partial charge in [0.15, 0.2) is 5.65 Å². The average molecular weight is 382 g/mol. The summed E-state index contributed by atoms with van der Waals surface area (Å²) in [6.45, 7) is 5.90. The van der Waals surface area contributed by atoms with E-state index in [0.717, 1.165) is 13.1 Å². The molecule has 0 aliphatic rings. The second-order valence-electron chi connectivity index (χ2n) is 6.22. The van der Waals surface area contributed by atoms with Crippen LogP contribution < -0.4 is 16.3 Å². The quantitative estimate of drug-likeness (QED) is 0.574. The topological polar surface area (TPSA) is 112 Å². The SMILES string of the molecule is CCN(CC)CC(=O)Nc1cccc(NC(=O)c2ccc3n[nH]c(=O)n3c2)c1. The minimum Gasteiger partial charge on any atom is -0.325 e. The Morgan fingerprint density at radius 2 is 1.82 bits per heavy atom. The smallest absolute Gasteiger partial charge is 0.325 e. The average Bonchev–Trinajstić information content (AvgIpc) is 3.06. The summed E-state index contributed by atoms with van der Waals surface area (Å²) in [5.74, 6) is -0.487. The van der Waals surface area contributed by atoms with Gasteiger partial charge in [0.2, 0.25) is 5.91 Å². The van der Waals surface area contributed by atoms with Gasteiger partial charge in [-0.2, -0.15) is 5.10 Å². The van der Waals surface area contributed by atoms with Gasteiger partial charge in [-0.25, -0.2) is 14.3 Å². The van der Waals surface area contributed by atoms with Gasteiger partial charge in [-0.15, -0.1) is 0 Å². The Labute approximate surface area is 161 Å². The molecule has 0 radical (unpaired) electrons. The van der Waals surface area contributed by atoms with E-state index >= 15 is 0 Å². The molecule has 0 unspecified atom stereocenters. The predicted octanol–water partition coefficient (Wildman–Crippen LogP) is 1.56. The van der Waals surface area contributed by atoms with Crippen molar-refractivity contribution in [3.05, 3.63) is 58.6 Å². The summed E-state index contributed by atoms with van der Waals surface area (Å²) in [6, 6.07) is 10.1. The molecule has 0 bridgehead atoms. The molecule has 146 valence electrons. The summed E-state index contributed by atoms with van der Waals surface area (Å²) in [5.41, 5.74) is 1.45. The maximum absolute atomic E-state index is 12.5. The van der Waals surface area contributed by atoms with Crippen molar-refractivity contribution in [2.75, 3.05) is 30.3 Å². The number of nitrogens with zero attached hydrogens (tertiary/aromatic N) is 3. The van der Waals surface area contributed by atoms with Gasteiger partial charge in [0, 0.05) is 17.6 Å². The van der Waals surface area contributed by atoms with Crippen LogP contribution in [-0.4, -0.2) is 50.9 Å². The summed E-state index contributed by atoms with van der Waals surface area (Å²) >= 11 is 0. The highest BCUT2D eigenvalue weighted by atomic mass is 16.2. The number of amides is 2. The van der Waals surface area contributed by atoms with E-state index in [0.29, 0.717) is 29.1 Å². The van der Waals surface area contributed by atoms with Gasteiger partial charge in [-0.05, 0) is 43.4 Å². The number of aromatic amines is 1. The number of pyridine rings is 1. The van der Waals surface area contributed by atoms with Gasteiger partial charge in [-0.3, -0.25) is 14.5 Å². The van der Waals surface area contributed by atoms with Crippen LogP contribution in [0.25, 0.3) is 5.65 Å². The summed E-state index contributed by atoms with van der Waals surface area (Å²) in [7, 11) is 0. The molecule has 2 aromatic heterocycles. The van der Waals surface area contributed by atoms with Crippen molar-refractivity contribution in [3.63, 3.8) is 0 Å². The van der Waals surface area contributed by atoms with Crippen molar-refractivity contribution in [2.24, 2.45) is 0 Å². The van der Waals surface area contributed by atoms with Gasteiger partial charge in [0.05, 0.1) is 12.1 Å². The number of aromatic nitrogens is 3. The van der Waals surface area contributed by atoms with Gasteiger partial charge in [0.25, 0.3) is 5.91 Å². The third-order valence-corrected chi connectivity index (χ3v) is 4.34. The number of rotatable bonds is 7. The number of anilines is 2. The largest absolute Gasteiger partial charge is 0.347 e. The molecular weight excluding hydrogens is 360 g/mol. The molecule has 0 spiro atoms. The number of hydrogen-bond donors (Lipinski definition) is 3. The number of likely N-dealkylation sites (N-methyl/N-ethyl adjacent to an activating group) is 1. The molecule has 2 amide bonds. The Kier molecular flexibility index (Phi) is 5.85. The second-order valence-corrected chi connectivity index (χ2v) is 6.22. The number of fused-ring (bicyclic) bond motifs is 1. The highest BCUT2D eigenvalue weighted by Crippen LogP contribution is 2.16. The fourth-order valence-corrected chi connectivity index (χ4v) is 2.77. The van der Waals surface area contributed by atoms with E-state index in [1.165, 1.54) is 10.6 Å². The van der Waals surface area contributed by atoms with E-state index in [9.17, 15) is 14.4 Å². The molecule has 0 aliphatic carbocycles. The van der Waals surface area contributed by atoms with Gasteiger partial charge >= 0.3 is 5.69 Å². The lowest BCUT2D eigenvalue weighted by Gasteiger charge is -2.17. The van der Waals surface area contributed by atoms with E-state index in [4.69, 9.17) is 0 Å². The fourth-order valence-electron chi connectivity index (χ4n) is 2.77. The Hall–Kier alpha value is -3.46. The molecule has 9 nitrogen and oxygen atoms in total. The maximum Gasteiger partial charge on any atom is 0.347 e. The van der Waals surface area contributed by atoms with E-state index in [1.54, 1.807) is 36.4 Å². The minimum atomic E-state index is -0.414. The zero-order valence-corrected chi connectivity index (χ0v) is 15.7. The van der Waals surface area contributed by atoms with E-state index in [1.807, 2.05) is 18.7 Å². The Morgan fingerprint density at radius 1 is 1.11 bits per heavy atom.